The molecule has 0 aliphatic carbocycles. The van der Waals surface area contributed by atoms with E-state index in [2.05, 4.69) is 29.4 Å². The predicted molar refractivity (Wildman–Crippen MR) is 93.9 cm³/mol. The van der Waals surface area contributed by atoms with Crippen molar-refractivity contribution in [3.63, 3.8) is 0 Å². The van der Waals surface area contributed by atoms with E-state index in [-0.39, 0.29) is 29.1 Å². The number of rotatable bonds is 4. The number of aromatic nitrogens is 2. The Labute approximate surface area is 139 Å². The summed E-state index contributed by atoms with van der Waals surface area (Å²) in [6.07, 6.45) is 0. The molecule has 1 aromatic heterocycles. The van der Waals surface area contributed by atoms with Crippen LogP contribution in [0.4, 0.5) is 0 Å². The first-order valence-electron chi connectivity index (χ1n) is 7.91. The highest BCUT2D eigenvalue weighted by Crippen LogP contribution is 2.22. The van der Waals surface area contributed by atoms with E-state index in [1.807, 2.05) is 30.3 Å². The summed E-state index contributed by atoms with van der Waals surface area (Å²) in [6, 6.07) is 16.7. The molecule has 122 valence electrons. The first-order chi connectivity index (χ1) is 11.6. The van der Waals surface area contributed by atoms with Gasteiger partial charge in [0.15, 0.2) is 5.69 Å². The molecule has 1 heterocycles. The predicted octanol–water partition coefficient (Wildman–Crippen LogP) is 3.05. The number of nitrogens with zero attached hydrogens (tertiary/aromatic N) is 1. The van der Waals surface area contributed by atoms with Crippen molar-refractivity contribution in [1.29, 1.82) is 0 Å². The quantitative estimate of drug-likeness (QED) is 0.775. The topological polar surface area (TPSA) is 74.8 Å². The van der Waals surface area contributed by atoms with Crippen LogP contribution in [0.3, 0.4) is 0 Å². The highest BCUT2D eigenvalue weighted by Gasteiger charge is 2.21. The number of fused-ring (bicyclic) bond motifs is 1. The minimum Gasteiger partial charge on any atom is -0.344 e. The third kappa shape index (κ3) is 3.06. The van der Waals surface area contributed by atoms with Crippen LogP contribution in [0.2, 0.25) is 0 Å². The van der Waals surface area contributed by atoms with Crippen molar-refractivity contribution in [1.82, 2.24) is 15.5 Å². The lowest BCUT2D eigenvalue weighted by Gasteiger charge is -2.23. The minimum atomic E-state index is -0.301. The molecule has 24 heavy (non-hydrogen) atoms. The van der Waals surface area contributed by atoms with Gasteiger partial charge in [-0.1, -0.05) is 62.4 Å². The van der Waals surface area contributed by atoms with Gasteiger partial charge in [0, 0.05) is 5.39 Å². The van der Waals surface area contributed by atoms with Crippen LogP contribution in [-0.4, -0.2) is 16.1 Å². The Kier molecular flexibility index (Phi) is 4.42. The number of aromatic amines is 1. The van der Waals surface area contributed by atoms with Crippen LogP contribution in [-0.2, 0) is 0 Å². The monoisotopic (exact) mass is 321 g/mol. The van der Waals surface area contributed by atoms with E-state index in [4.69, 9.17) is 0 Å². The summed E-state index contributed by atoms with van der Waals surface area (Å²) in [5.41, 5.74) is 0.965. The fourth-order valence-corrected chi connectivity index (χ4v) is 2.79. The van der Waals surface area contributed by atoms with Crippen LogP contribution < -0.4 is 10.9 Å². The van der Waals surface area contributed by atoms with E-state index in [9.17, 15) is 9.59 Å². The van der Waals surface area contributed by atoms with E-state index in [1.165, 1.54) is 0 Å². The van der Waals surface area contributed by atoms with Crippen LogP contribution in [0.15, 0.2) is 59.4 Å². The number of nitrogens with one attached hydrogen (secondary N) is 2. The van der Waals surface area contributed by atoms with Crippen LogP contribution in [0.25, 0.3) is 10.8 Å². The van der Waals surface area contributed by atoms with Crippen LogP contribution in [0.5, 0.6) is 0 Å². The van der Waals surface area contributed by atoms with Crippen LogP contribution in [0, 0.1) is 5.92 Å². The van der Waals surface area contributed by atoms with Gasteiger partial charge in [0.2, 0.25) is 0 Å². The molecule has 0 bridgehead atoms. The van der Waals surface area contributed by atoms with Crippen molar-refractivity contribution >= 4 is 16.7 Å². The number of carbonyl (C=O) groups is 1. The van der Waals surface area contributed by atoms with Gasteiger partial charge in [-0.25, -0.2) is 5.10 Å². The Bertz CT molecular complexity index is 917. The summed E-state index contributed by atoms with van der Waals surface area (Å²) >= 11 is 0. The van der Waals surface area contributed by atoms with Gasteiger partial charge in [-0.15, -0.1) is 0 Å². The molecule has 3 rings (SSSR count). The van der Waals surface area contributed by atoms with E-state index >= 15 is 0 Å². The van der Waals surface area contributed by atoms with Gasteiger partial charge in [0.1, 0.15) is 0 Å². The van der Waals surface area contributed by atoms with Crippen molar-refractivity contribution in [2.45, 2.75) is 19.9 Å². The Morgan fingerprint density at radius 3 is 2.29 bits per heavy atom. The van der Waals surface area contributed by atoms with Crippen molar-refractivity contribution in [2.75, 3.05) is 0 Å². The molecule has 1 atom stereocenters. The highest BCUT2D eigenvalue weighted by atomic mass is 16.2. The molecule has 0 radical (unpaired) electrons. The molecular weight excluding hydrogens is 302 g/mol. The van der Waals surface area contributed by atoms with E-state index in [1.54, 1.807) is 24.3 Å². The summed E-state index contributed by atoms with van der Waals surface area (Å²) in [6.45, 7) is 4.10. The average molecular weight is 321 g/mol. The second-order valence-corrected chi connectivity index (χ2v) is 6.05. The lowest BCUT2D eigenvalue weighted by molar-refractivity contribution is 0.0921. The van der Waals surface area contributed by atoms with E-state index in [0.717, 1.165) is 5.56 Å². The van der Waals surface area contributed by atoms with Gasteiger partial charge in [0.05, 0.1) is 11.4 Å². The van der Waals surface area contributed by atoms with Gasteiger partial charge in [-0.05, 0) is 17.5 Å². The third-order valence-electron chi connectivity index (χ3n) is 4.02. The summed E-state index contributed by atoms with van der Waals surface area (Å²) in [4.78, 5) is 24.6. The van der Waals surface area contributed by atoms with Crippen molar-refractivity contribution in [3.8, 4) is 0 Å². The van der Waals surface area contributed by atoms with Crippen molar-refractivity contribution in [3.05, 3.63) is 76.2 Å². The molecule has 1 unspecified atom stereocenters. The van der Waals surface area contributed by atoms with Gasteiger partial charge in [-0.2, -0.15) is 5.10 Å². The Morgan fingerprint density at radius 1 is 1.00 bits per heavy atom. The summed E-state index contributed by atoms with van der Waals surface area (Å²) in [5.74, 6) is -0.0876. The first-order valence-corrected chi connectivity index (χ1v) is 7.91. The molecule has 5 heteroatoms. The molecule has 0 fully saturated rings. The number of benzene rings is 2. The summed E-state index contributed by atoms with van der Waals surface area (Å²) in [7, 11) is 0. The van der Waals surface area contributed by atoms with Gasteiger partial charge in [0.25, 0.3) is 11.5 Å². The minimum absolute atomic E-state index is 0.133. The molecule has 1 amide bonds. The maximum absolute atomic E-state index is 12.8. The zero-order valence-electron chi connectivity index (χ0n) is 13.6. The fraction of sp³-hybridized carbons (Fsp3) is 0.211. The van der Waals surface area contributed by atoms with E-state index < -0.39 is 0 Å². The molecule has 0 spiro atoms. The Balaban J connectivity index is 1.97. The molecule has 5 nitrogen and oxygen atoms in total. The van der Waals surface area contributed by atoms with Crippen LogP contribution in [0.1, 0.15) is 35.9 Å². The molecule has 0 saturated carbocycles. The largest absolute Gasteiger partial charge is 0.344 e. The second-order valence-electron chi connectivity index (χ2n) is 6.05. The first kappa shape index (κ1) is 15.9. The fourth-order valence-electron chi connectivity index (χ4n) is 2.79. The Hall–Kier alpha value is -2.95. The standard InChI is InChI=1S/C19H19N3O2/c1-12(2)16(13-8-4-3-5-9-13)20-19(24)17-14-10-6-7-11-15(14)18(23)22-21-17/h3-12,16H,1-2H3,(H,20,24)(H,22,23). The SMILES string of the molecule is CC(C)C(NC(=O)c1n[nH]c(=O)c2ccccc12)c1ccccc1. The number of amides is 1. The molecule has 0 aliphatic rings. The van der Waals surface area contributed by atoms with Gasteiger partial charge < -0.3 is 5.32 Å². The zero-order chi connectivity index (χ0) is 17.1. The van der Waals surface area contributed by atoms with Gasteiger partial charge in [-0.3, -0.25) is 9.59 Å². The highest BCUT2D eigenvalue weighted by molar-refractivity contribution is 6.04. The number of carbonyl (C=O) groups excluding carboxylic acids is 1. The molecule has 0 aliphatic heterocycles. The van der Waals surface area contributed by atoms with Crippen LogP contribution >= 0.6 is 0 Å². The molecular formula is C19H19N3O2. The maximum atomic E-state index is 12.8. The molecule has 2 aromatic carbocycles. The number of hydrogen-bond acceptors (Lipinski definition) is 3. The normalized spacial score (nSPS) is 12.3. The number of hydrogen-bond donors (Lipinski definition) is 2. The molecule has 2 N–H and O–H groups in total. The van der Waals surface area contributed by atoms with E-state index in [0.29, 0.717) is 10.8 Å². The second kappa shape index (κ2) is 6.66. The summed E-state index contributed by atoms with van der Waals surface area (Å²) in [5, 5.41) is 10.4. The lowest BCUT2D eigenvalue weighted by Crippen LogP contribution is -2.33. The maximum Gasteiger partial charge on any atom is 0.272 e. The zero-order valence-corrected chi connectivity index (χ0v) is 13.6. The van der Waals surface area contributed by atoms with Crippen molar-refractivity contribution in [2.24, 2.45) is 5.92 Å². The smallest absolute Gasteiger partial charge is 0.272 e. The summed E-state index contributed by atoms with van der Waals surface area (Å²) < 4.78 is 0. The Morgan fingerprint density at radius 2 is 1.62 bits per heavy atom. The lowest BCUT2D eigenvalue weighted by atomic mass is 9.96. The van der Waals surface area contributed by atoms with Gasteiger partial charge >= 0.3 is 0 Å². The number of H-pyrrole nitrogens is 1. The average Bonchev–Trinajstić information content (AvgIpc) is 2.60. The third-order valence-corrected chi connectivity index (χ3v) is 4.02. The molecule has 3 aromatic rings. The molecule has 0 saturated heterocycles. The van der Waals surface area contributed by atoms with Crippen molar-refractivity contribution < 1.29 is 4.79 Å².